The monoisotopic (exact) mass is 506 g/mol. The molecule has 3 aliphatic carbocycles. The number of fused-ring (bicyclic) bond motifs is 7. The number of amides is 2. The number of benzene rings is 3. The lowest BCUT2D eigenvalue weighted by atomic mass is 9.43. The summed E-state index contributed by atoms with van der Waals surface area (Å²) in [6.45, 7) is -0.126. The van der Waals surface area contributed by atoms with E-state index in [-0.39, 0.29) is 47.9 Å². The molecule has 3 aromatic rings. The second-order valence-corrected chi connectivity index (χ2v) is 10.2. The molecule has 0 aromatic heterocycles. The SMILES string of the molecule is O=C(/C=C/c1cccc([N+](=O)[O-])c1)OCCN1C(=O)C2C(C1=O)C1c3ccccc3C13c1ccccc1C23. The summed E-state index contributed by atoms with van der Waals surface area (Å²) in [5.74, 6) is -1.92. The average molecular weight is 507 g/mol. The van der Waals surface area contributed by atoms with Crippen molar-refractivity contribution in [1.29, 1.82) is 0 Å². The first-order valence-corrected chi connectivity index (χ1v) is 12.6. The Labute approximate surface area is 217 Å². The third-order valence-corrected chi connectivity index (χ3v) is 8.72. The first-order valence-electron chi connectivity index (χ1n) is 12.6. The van der Waals surface area contributed by atoms with Crippen LogP contribution in [-0.2, 0) is 24.5 Å². The average Bonchev–Trinajstić information content (AvgIpc) is 3.28. The highest BCUT2D eigenvalue weighted by atomic mass is 16.6. The lowest BCUT2D eigenvalue weighted by molar-refractivity contribution is -0.384. The van der Waals surface area contributed by atoms with Crippen molar-refractivity contribution in [2.45, 2.75) is 17.3 Å². The van der Waals surface area contributed by atoms with Crippen molar-refractivity contribution >= 4 is 29.5 Å². The van der Waals surface area contributed by atoms with Crippen LogP contribution in [0.1, 0.15) is 39.7 Å². The Kier molecular flexibility index (Phi) is 4.73. The first-order chi connectivity index (χ1) is 18.4. The van der Waals surface area contributed by atoms with Gasteiger partial charge >= 0.3 is 5.97 Å². The van der Waals surface area contributed by atoms with Gasteiger partial charge in [-0.3, -0.25) is 24.6 Å². The minimum absolute atomic E-state index is 0.00319. The fraction of sp³-hybridized carbons (Fsp3) is 0.233. The van der Waals surface area contributed by atoms with Crippen LogP contribution in [0.15, 0.2) is 78.9 Å². The molecule has 8 heteroatoms. The number of non-ortho nitro benzene ring substituents is 1. The normalized spacial score (nSPS) is 27.5. The Morgan fingerprint density at radius 1 is 0.921 bits per heavy atom. The van der Waals surface area contributed by atoms with E-state index in [2.05, 4.69) is 24.3 Å². The van der Waals surface area contributed by atoms with Crippen LogP contribution in [-0.4, -0.2) is 40.8 Å². The molecule has 2 fully saturated rings. The lowest BCUT2D eigenvalue weighted by Gasteiger charge is -2.59. The number of likely N-dealkylation sites (tertiary alicyclic amines) is 1. The number of nitro groups is 1. The van der Waals surface area contributed by atoms with Crippen LogP contribution in [0.5, 0.6) is 0 Å². The summed E-state index contributed by atoms with van der Waals surface area (Å²) < 4.78 is 5.25. The van der Waals surface area contributed by atoms with Gasteiger partial charge in [0.05, 0.1) is 23.3 Å². The van der Waals surface area contributed by atoms with Crippen molar-refractivity contribution < 1.29 is 24.0 Å². The van der Waals surface area contributed by atoms with E-state index in [1.165, 1.54) is 46.4 Å². The molecule has 188 valence electrons. The van der Waals surface area contributed by atoms with Crippen molar-refractivity contribution in [3.8, 4) is 0 Å². The van der Waals surface area contributed by atoms with Gasteiger partial charge in [0.2, 0.25) is 11.8 Å². The van der Waals surface area contributed by atoms with E-state index < -0.39 is 22.7 Å². The minimum Gasteiger partial charge on any atom is -0.461 e. The summed E-state index contributed by atoms with van der Waals surface area (Å²) in [6.07, 6.45) is 2.60. The molecule has 4 unspecified atom stereocenters. The Morgan fingerprint density at radius 3 is 2.13 bits per heavy atom. The van der Waals surface area contributed by atoms with Crippen LogP contribution in [0.3, 0.4) is 0 Å². The van der Waals surface area contributed by atoms with Crippen LogP contribution in [0.4, 0.5) is 5.69 Å². The molecule has 4 aliphatic rings. The molecule has 1 heterocycles. The Morgan fingerprint density at radius 2 is 1.53 bits per heavy atom. The number of carbonyl (C=O) groups is 3. The molecule has 1 aliphatic heterocycles. The number of hydrogen-bond donors (Lipinski definition) is 0. The van der Waals surface area contributed by atoms with E-state index >= 15 is 0 Å². The predicted molar refractivity (Wildman–Crippen MR) is 136 cm³/mol. The molecular formula is C30H22N2O6. The number of imide groups is 1. The second kappa shape index (κ2) is 7.95. The van der Waals surface area contributed by atoms with E-state index in [0.717, 1.165) is 11.1 Å². The quantitative estimate of drug-likeness (QED) is 0.165. The predicted octanol–water partition coefficient (Wildman–Crippen LogP) is 3.95. The zero-order chi connectivity index (χ0) is 26.2. The van der Waals surface area contributed by atoms with Gasteiger partial charge in [-0.15, -0.1) is 0 Å². The van der Waals surface area contributed by atoms with Gasteiger partial charge in [-0.05, 0) is 33.9 Å². The number of hydrogen-bond acceptors (Lipinski definition) is 6. The highest BCUT2D eigenvalue weighted by molar-refractivity contribution is 6.08. The highest BCUT2D eigenvalue weighted by Crippen LogP contribution is 2.80. The zero-order valence-corrected chi connectivity index (χ0v) is 20.2. The van der Waals surface area contributed by atoms with Crippen LogP contribution < -0.4 is 0 Å². The first kappa shape index (κ1) is 22.6. The van der Waals surface area contributed by atoms with Gasteiger partial charge in [0, 0.05) is 35.5 Å². The number of rotatable bonds is 6. The Bertz CT molecular complexity index is 1520. The molecule has 7 rings (SSSR count). The van der Waals surface area contributed by atoms with E-state index in [1.54, 1.807) is 6.07 Å². The van der Waals surface area contributed by atoms with Gasteiger partial charge in [-0.2, -0.15) is 0 Å². The second-order valence-electron chi connectivity index (χ2n) is 10.2. The van der Waals surface area contributed by atoms with Crippen molar-refractivity contribution in [3.63, 3.8) is 0 Å². The van der Waals surface area contributed by atoms with Crippen LogP contribution in [0, 0.1) is 22.0 Å². The smallest absolute Gasteiger partial charge is 0.330 e. The van der Waals surface area contributed by atoms with E-state index in [0.29, 0.717) is 5.56 Å². The summed E-state index contributed by atoms with van der Waals surface area (Å²) in [7, 11) is 0. The topological polar surface area (TPSA) is 107 Å². The van der Waals surface area contributed by atoms with Gasteiger partial charge in [0.1, 0.15) is 6.61 Å². The van der Waals surface area contributed by atoms with Gasteiger partial charge < -0.3 is 4.74 Å². The molecule has 38 heavy (non-hydrogen) atoms. The third kappa shape index (κ3) is 2.77. The number of nitro benzene ring substituents is 1. The molecule has 8 nitrogen and oxygen atoms in total. The molecule has 0 bridgehead atoms. The Hall–Kier alpha value is -4.59. The maximum absolute atomic E-state index is 13.6. The maximum Gasteiger partial charge on any atom is 0.330 e. The largest absolute Gasteiger partial charge is 0.461 e. The van der Waals surface area contributed by atoms with Crippen molar-refractivity contribution in [2.75, 3.05) is 13.2 Å². The molecule has 0 N–H and O–H groups in total. The van der Waals surface area contributed by atoms with E-state index in [1.807, 2.05) is 24.3 Å². The number of nitrogens with zero attached hydrogens (tertiary/aromatic N) is 2. The minimum atomic E-state index is -0.657. The molecule has 1 spiro atoms. The van der Waals surface area contributed by atoms with Gasteiger partial charge in [0.15, 0.2) is 0 Å². The van der Waals surface area contributed by atoms with Crippen molar-refractivity contribution in [1.82, 2.24) is 4.90 Å². The van der Waals surface area contributed by atoms with Gasteiger partial charge in [0.25, 0.3) is 5.69 Å². The van der Waals surface area contributed by atoms with Crippen LogP contribution in [0.25, 0.3) is 6.08 Å². The number of ether oxygens (including phenoxy) is 1. The fourth-order valence-corrected chi connectivity index (χ4v) is 7.47. The van der Waals surface area contributed by atoms with Crippen LogP contribution in [0.2, 0.25) is 0 Å². The molecule has 0 radical (unpaired) electrons. The number of esters is 1. The fourth-order valence-electron chi connectivity index (χ4n) is 7.47. The van der Waals surface area contributed by atoms with Gasteiger partial charge in [-0.1, -0.05) is 60.7 Å². The maximum atomic E-state index is 13.6. The Balaban J connectivity index is 1.07. The van der Waals surface area contributed by atoms with Crippen molar-refractivity contribution in [2.24, 2.45) is 11.8 Å². The number of carbonyl (C=O) groups excluding carboxylic acids is 3. The standard InChI is InChI=1S/C30H22N2O6/c33-23(13-12-17-6-5-7-18(16-17)32(36)37)38-15-14-31-28(34)24-25(29(31)35)27-20-9-2-4-11-22(20)30(27)21-10-3-1-8-19(21)26(24)30/h1-13,16,24-27H,14-15H2/b13-12+. The molecule has 2 amide bonds. The molecule has 3 aromatic carbocycles. The molecule has 4 atom stereocenters. The van der Waals surface area contributed by atoms with Crippen molar-refractivity contribution in [3.05, 3.63) is 117 Å². The molecule has 1 saturated heterocycles. The zero-order valence-electron chi connectivity index (χ0n) is 20.2. The summed E-state index contributed by atoms with van der Waals surface area (Å²) in [5.41, 5.74) is 4.92. The molecule has 1 saturated carbocycles. The molecular weight excluding hydrogens is 484 g/mol. The van der Waals surface area contributed by atoms with Gasteiger partial charge in [-0.25, -0.2) is 4.79 Å². The lowest BCUT2D eigenvalue weighted by Crippen LogP contribution is -2.55. The van der Waals surface area contributed by atoms with E-state index in [4.69, 9.17) is 4.74 Å². The third-order valence-electron chi connectivity index (χ3n) is 8.72. The summed E-state index contributed by atoms with van der Waals surface area (Å²) in [4.78, 5) is 51.2. The van der Waals surface area contributed by atoms with Crippen LogP contribution >= 0.6 is 0 Å². The summed E-state index contributed by atoms with van der Waals surface area (Å²) in [6, 6.07) is 22.3. The summed E-state index contributed by atoms with van der Waals surface area (Å²) >= 11 is 0. The summed E-state index contributed by atoms with van der Waals surface area (Å²) in [5, 5.41) is 10.9. The highest BCUT2D eigenvalue weighted by Gasteiger charge is 2.78. The van der Waals surface area contributed by atoms with E-state index in [9.17, 15) is 24.5 Å².